The Hall–Kier alpha value is -0.750. The maximum Gasteiger partial charge on any atom is 0.0778 e. The number of benzene rings is 1. The number of rotatable bonds is 0. The average Bonchev–Trinajstić information content (AvgIpc) is 2.44. The summed E-state index contributed by atoms with van der Waals surface area (Å²) in [6, 6.07) is 8.40. The van der Waals surface area contributed by atoms with Crippen molar-refractivity contribution in [2.75, 3.05) is 0 Å². The molecule has 0 N–H and O–H groups in total. The Kier molecular flexibility index (Phi) is 2.19. The predicted molar refractivity (Wildman–Crippen MR) is 62.5 cm³/mol. The predicted octanol–water partition coefficient (Wildman–Crippen LogP) is 4.41. The van der Waals surface area contributed by atoms with Crippen LogP contribution in [0.5, 0.6) is 0 Å². The van der Waals surface area contributed by atoms with Crippen LogP contribution in [-0.4, -0.2) is 0 Å². The van der Waals surface area contributed by atoms with Crippen molar-refractivity contribution in [3.05, 3.63) is 41.5 Å². The zero-order valence-corrected chi connectivity index (χ0v) is 9.60. The van der Waals surface area contributed by atoms with E-state index in [9.17, 15) is 0 Å². The van der Waals surface area contributed by atoms with Crippen LogP contribution in [0.25, 0.3) is 5.57 Å². The van der Waals surface area contributed by atoms with Gasteiger partial charge in [-0.15, -0.1) is 11.6 Å². The van der Waals surface area contributed by atoms with E-state index >= 15 is 0 Å². The molecule has 1 heteroatoms. The molecule has 0 heterocycles. The van der Waals surface area contributed by atoms with Gasteiger partial charge in [0.1, 0.15) is 0 Å². The molecule has 1 atom stereocenters. The maximum absolute atomic E-state index is 6.27. The summed E-state index contributed by atoms with van der Waals surface area (Å²) >= 11 is 6.27. The zero-order chi connectivity index (χ0) is 10.3. The van der Waals surface area contributed by atoms with Crippen LogP contribution < -0.4 is 0 Å². The van der Waals surface area contributed by atoms with Crippen molar-refractivity contribution in [3.8, 4) is 0 Å². The molecule has 2 rings (SSSR count). The smallest absolute Gasteiger partial charge is 0.0778 e. The normalized spacial score (nSPS) is 20.6. The summed E-state index contributed by atoms with van der Waals surface area (Å²) in [5.74, 6) is 0. The molecular weight excluding hydrogens is 192 g/mol. The summed E-state index contributed by atoms with van der Waals surface area (Å²) < 4.78 is 0. The van der Waals surface area contributed by atoms with Crippen molar-refractivity contribution in [2.45, 2.75) is 26.1 Å². The Morgan fingerprint density at radius 2 is 1.79 bits per heavy atom. The molecule has 0 nitrogen and oxygen atoms in total. The highest BCUT2D eigenvalue weighted by molar-refractivity contribution is 6.23. The highest BCUT2D eigenvalue weighted by Gasteiger charge is 2.28. The first-order valence-corrected chi connectivity index (χ1v) is 5.39. The van der Waals surface area contributed by atoms with Gasteiger partial charge in [0.25, 0.3) is 0 Å². The number of halogens is 1. The Morgan fingerprint density at radius 1 is 1.14 bits per heavy atom. The van der Waals surface area contributed by atoms with Crippen LogP contribution in [0.4, 0.5) is 0 Å². The number of alkyl halides is 1. The number of hydrogen-bond donors (Lipinski definition) is 0. The molecule has 1 aromatic rings. The second-order valence-corrected chi connectivity index (χ2v) is 5.29. The number of allylic oxidation sites excluding steroid dienone is 2. The second kappa shape index (κ2) is 3.13. The molecule has 74 valence electrons. The minimum atomic E-state index is 0.0559. The lowest BCUT2D eigenvalue weighted by Crippen LogP contribution is -2.06. The van der Waals surface area contributed by atoms with Gasteiger partial charge in [-0.1, -0.05) is 51.1 Å². The fraction of sp³-hybridized carbons (Fsp3) is 0.385. The van der Waals surface area contributed by atoms with E-state index in [2.05, 4.69) is 45.0 Å². The Bertz CT molecular complexity index is 382. The second-order valence-electron chi connectivity index (χ2n) is 4.82. The third kappa shape index (κ3) is 1.48. The third-order valence-corrected chi connectivity index (χ3v) is 3.03. The SMILES string of the molecule is CC(C)(C)C1=CC(Cl)c2ccccc21. The van der Waals surface area contributed by atoms with Crippen molar-refractivity contribution in [1.82, 2.24) is 0 Å². The molecule has 0 aliphatic heterocycles. The lowest BCUT2D eigenvalue weighted by Gasteiger charge is -2.21. The summed E-state index contributed by atoms with van der Waals surface area (Å²) in [6.07, 6.45) is 2.17. The molecule has 0 bridgehead atoms. The summed E-state index contributed by atoms with van der Waals surface area (Å²) in [5, 5.41) is 0.0559. The Labute approximate surface area is 90.6 Å². The van der Waals surface area contributed by atoms with E-state index in [0.29, 0.717) is 0 Å². The molecule has 1 unspecified atom stereocenters. The first-order valence-electron chi connectivity index (χ1n) is 4.96. The van der Waals surface area contributed by atoms with Crippen molar-refractivity contribution in [2.24, 2.45) is 5.41 Å². The van der Waals surface area contributed by atoms with Crippen LogP contribution in [0.1, 0.15) is 37.3 Å². The van der Waals surface area contributed by atoms with Gasteiger partial charge in [0, 0.05) is 0 Å². The van der Waals surface area contributed by atoms with Gasteiger partial charge in [0.05, 0.1) is 5.38 Å². The van der Waals surface area contributed by atoms with Crippen LogP contribution in [-0.2, 0) is 0 Å². The molecule has 0 fully saturated rings. The van der Waals surface area contributed by atoms with Crippen molar-refractivity contribution < 1.29 is 0 Å². The van der Waals surface area contributed by atoms with E-state index in [1.807, 2.05) is 6.07 Å². The zero-order valence-electron chi connectivity index (χ0n) is 8.84. The minimum Gasteiger partial charge on any atom is -0.113 e. The van der Waals surface area contributed by atoms with Crippen LogP contribution >= 0.6 is 11.6 Å². The average molecular weight is 207 g/mol. The highest BCUT2D eigenvalue weighted by Crippen LogP contribution is 2.45. The highest BCUT2D eigenvalue weighted by atomic mass is 35.5. The maximum atomic E-state index is 6.27. The van der Waals surface area contributed by atoms with Gasteiger partial charge in [-0.25, -0.2) is 0 Å². The van der Waals surface area contributed by atoms with Crippen molar-refractivity contribution in [1.29, 1.82) is 0 Å². The van der Waals surface area contributed by atoms with Crippen LogP contribution in [0, 0.1) is 5.41 Å². The van der Waals surface area contributed by atoms with Gasteiger partial charge in [-0.05, 0) is 22.1 Å². The van der Waals surface area contributed by atoms with Gasteiger partial charge < -0.3 is 0 Å². The van der Waals surface area contributed by atoms with Crippen LogP contribution in [0.3, 0.4) is 0 Å². The van der Waals surface area contributed by atoms with Crippen LogP contribution in [0.2, 0.25) is 0 Å². The van der Waals surface area contributed by atoms with Gasteiger partial charge in [-0.2, -0.15) is 0 Å². The Balaban J connectivity index is 2.54. The molecule has 0 amide bonds. The molecule has 1 aromatic carbocycles. The topological polar surface area (TPSA) is 0 Å². The molecular formula is C13H15Cl. The van der Waals surface area contributed by atoms with Crippen molar-refractivity contribution >= 4 is 17.2 Å². The van der Waals surface area contributed by atoms with E-state index in [1.54, 1.807) is 0 Å². The molecule has 14 heavy (non-hydrogen) atoms. The van der Waals surface area contributed by atoms with E-state index in [1.165, 1.54) is 16.7 Å². The first-order chi connectivity index (χ1) is 6.50. The fourth-order valence-electron chi connectivity index (χ4n) is 1.96. The third-order valence-electron chi connectivity index (χ3n) is 2.67. The molecule has 1 aliphatic carbocycles. The standard InChI is InChI=1S/C13H15Cl/c1-13(2,3)11-8-12(14)10-7-5-4-6-9(10)11/h4-8,12H,1-3H3. The minimum absolute atomic E-state index is 0.0559. The monoisotopic (exact) mass is 206 g/mol. The van der Waals surface area contributed by atoms with Crippen LogP contribution in [0.15, 0.2) is 30.3 Å². The van der Waals surface area contributed by atoms with Gasteiger partial charge >= 0.3 is 0 Å². The first kappa shape index (κ1) is 9.79. The van der Waals surface area contributed by atoms with E-state index in [-0.39, 0.29) is 10.8 Å². The van der Waals surface area contributed by atoms with Gasteiger partial charge in [0.2, 0.25) is 0 Å². The summed E-state index contributed by atoms with van der Waals surface area (Å²) in [6.45, 7) is 6.68. The number of fused-ring (bicyclic) bond motifs is 1. The van der Waals surface area contributed by atoms with E-state index in [4.69, 9.17) is 11.6 Å². The van der Waals surface area contributed by atoms with E-state index in [0.717, 1.165) is 0 Å². The molecule has 0 radical (unpaired) electrons. The van der Waals surface area contributed by atoms with E-state index < -0.39 is 0 Å². The van der Waals surface area contributed by atoms with Gasteiger partial charge in [-0.3, -0.25) is 0 Å². The lowest BCUT2D eigenvalue weighted by molar-refractivity contribution is 0.567. The summed E-state index contributed by atoms with van der Waals surface area (Å²) in [5.41, 5.74) is 4.12. The summed E-state index contributed by atoms with van der Waals surface area (Å²) in [4.78, 5) is 0. The van der Waals surface area contributed by atoms with Crippen molar-refractivity contribution in [3.63, 3.8) is 0 Å². The molecule has 0 aromatic heterocycles. The molecule has 1 aliphatic rings. The fourth-order valence-corrected chi connectivity index (χ4v) is 2.28. The Morgan fingerprint density at radius 3 is 2.43 bits per heavy atom. The molecule has 0 spiro atoms. The lowest BCUT2D eigenvalue weighted by atomic mass is 9.83. The largest absolute Gasteiger partial charge is 0.113 e. The summed E-state index contributed by atoms with van der Waals surface area (Å²) in [7, 11) is 0. The van der Waals surface area contributed by atoms with Gasteiger partial charge in [0.15, 0.2) is 0 Å². The molecule has 0 saturated heterocycles. The quantitative estimate of drug-likeness (QED) is 0.552. The number of hydrogen-bond acceptors (Lipinski definition) is 0. The molecule has 0 saturated carbocycles.